The molecule has 0 aliphatic carbocycles. The number of hydrogen-bond acceptors (Lipinski definition) is 3. The number of nitrogens with zero attached hydrogens (tertiary/aromatic N) is 1. The van der Waals surface area contributed by atoms with Crippen LogP contribution in [0.4, 0.5) is 0 Å². The Morgan fingerprint density at radius 3 is 2.18 bits per heavy atom. The van der Waals surface area contributed by atoms with Gasteiger partial charge in [-0.3, -0.25) is 4.79 Å². The molecule has 2 heterocycles. The van der Waals surface area contributed by atoms with Gasteiger partial charge in [0, 0.05) is 26.3 Å². The number of carbonyl (C=O) groups excluding carboxylic acids is 1. The van der Waals surface area contributed by atoms with E-state index < -0.39 is 5.54 Å². The Bertz CT molecular complexity index is 286. The Balaban J connectivity index is 1.96. The van der Waals surface area contributed by atoms with Crippen LogP contribution in [0, 0.1) is 5.41 Å². The van der Waals surface area contributed by atoms with E-state index in [0.717, 1.165) is 25.9 Å². The highest BCUT2D eigenvalue weighted by molar-refractivity contribution is 5.86. The molecule has 4 nitrogen and oxygen atoms in total. The quantitative estimate of drug-likeness (QED) is 0.748. The lowest BCUT2D eigenvalue weighted by Crippen LogP contribution is -2.59. The van der Waals surface area contributed by atoms with Crippen molar-refractivity contribution >= 4 is 5.91 Å². The van der Waals surface area contributed by atoms with Gasteiger partial charge in [0.15, 0.2) is 0 Å². The minimum atomic E-state index is -0.667. The fraction of sp³-hybridized carbons (Fsp3) is 0.923. The Labute approximate surface area is 103 Å². The molecule has 2 aliphatic heterocycles. The van der Waals surface area contributed by atoms with Crippen LogP contribution in [0.3, 0.4) is 0 Å². The van der Waals surface area contributed by atoms with Gasteiger partial charge in [0.1, 0.15) is 0 Å². The van der Waals surface area contributed by atoms with Crippen molar-refractivity contribution in [3.05, 3.63) is 0 Å². The van der Waals surface area contributed by atoms with Gasteiger partial charge in [-0.15, -0.1) is 0 Å². The fourth-order valence-electron chi connectivity index (χ4n) is 2.58. The lowest BCUT2D eigenvalue weighted by molar-refractivity contribution is -0.142. The topological polar surface area (TPSA) is 55.6 Å². The zero-order valence-corrected chi connectivity index (χ0v) is 11.0. The molecule has 2 fully saturated rings. The second-order valence-electron chi connectivity index (χ2n) is 6.22. The molecule has 0 aromatic heterocycles. The number of likely N-dealkylation sites (tertiary alicyclic amines) is 1. The Hall–Kier alpha value is -0.610. The second kappa shape index (κ2) is 4.58. The van der Waals surface area contributed by atoms with Gasteiger partial charge in [0.2, 0.25) is 5.91 Å². The van der Waals surface area contributed by atoms with Crippen LogP contribution in [0.2, 0.25) is 0 Å². The molecular formula is C13H24N2O2. The molecule has 2 N–H and O–H groups in total. The minimum Gasteiger partial charge on any atom is -0.381 e. The zero-order valence-electron chi connectivity index (χ0n) is 11.0. The summed E-state index contributed by atoms with van der Waals surface area (Å²) in [4.78, 5) is 14.4. The largest absolute Gasteiger partial charge is 0.381 e. The summed E-state index contributed by atoms with van der Waals surface area (Å²) in [5.74, 6) is 0.135. The Kier molecular flexibility index (Phi) is 3.46. The van der Waals surface area contributed by atoms with Crippen LogP contribution in [0.5, 0.6) is 0 Å². The lowest BCUT2D eigenvalue weighted by atomic mass is 9.81. The normalized spacial score (nSPS) is 27.8. The number of amides is 1. The molecule has 0 bridgehead atoms. The predicted octanol–water partition coefficient (Wildman–Crippen LogP) is 1.14. The van der Waals surface area contributed by atoms with Crippen LogP contribution in [0.15, 0.2) is 0 Å². The number of carbonyl (C=O) groups is 1. The van der Waals surface area contributed by atoms with E-state index in [1.54, 1.807) is 0 Å². The number of hydrogen-bond donors (Lipinski definition) is 1. The average molecular weight is 240 g/mol. The van der Waals surface area contributed by atoms with Gasteiger partial charge in [0.25, 0.3) is 0 Å². The lowest BCUT2D eigenvalue weighted by Gasteiger charge is -2.42. The molecule has 2 saturated heterocycles. The predicted molar refractivity (Wildman–Crippen MR) is 66.6 cm³/mol. The summed E-state index contributed by atoms with van der Waals surface area (Å²) in [6.07, 6.45) is 3.47. The van der Waals surface area contributed by atoms with Gasteiger partial charge in [-0.2, -0.15) is 0 Å². The van der Waals surface area contributed by atoms with Gasteiger partial charge in [0.05, 0.1) is 5.54 Å². The molecule has 17 heavy (non-hydrogen) atoms. The number of nitrogens with two attached hydrogens (primary N) is 1. The van der Waals surface area contributed by atoms with Gasteiger partial charge < -0.3 is 15.4 Å². The third kappa shape index (κ3) is 2.80. The molecule has 1 amide bonds. The molecule has 0 spiro atoms. The van der Waals surface area contributed by atoms with Crippen LogP contribution >= 0.6 is 0 Å². The van der Waals surface area contributed by atoms with E-state index in [4.69, 9.17) is 10.5 Å². The van der Waals surface area contributed by atoms with Crippen LogP contribution in [-0.4, -0.2) is 42.6 Å². The maximum atomic E-state index is 12.4. The smallest absolute Gasteiger partial charge is 0.242 e. The highest BCUT2D eigenvalue weighted by Crippen LogP contribution is 2.31. The molecular weight excluding hydrogens is 216 g/mol. The number of piperidine rings is 1. The molecule has 2 rings (SSSR count). The Morgan fingerprint density at radius 2 is 1.65 bits per heavy atom. The van der Waals surface area contributed by atoms with E-state index in [2.05, 4.69) is 13.8 Å². The van der Waals surface area contributed by atoms with E-state index in [1.165, 1.54) is 0 Å². The van der Waals surface area contributed by atoms with E-state index in [-0.39, 0.29) is 5.91 Å². The third-order valence-electron chi connectivity index (χ3n) is 4.22. The minimum absolute atomic E-state index is 0.135. The Morgan fingerprint density at radius 1 is 1.12 bits per heavy atom. The maximum absolute atomic E-state index is 12.4. The highest BCUT2D eigenvalue weighted by Gasteiger charge is 2.40. The van der Waals surface area contributed by atoms with Crippen LogP contribution in [0.25, 0.3) is 0 Å². The summed E-state index contributed by atoms with van der Waals surface area (Å²) in [6.45, 7) is 7.46. The van der Waals surface area contributed by atoms with Crippen molar-refractivity contribution in [2.45, 2.75) is 45.1 Å². The molecule has 0 unspecified atom stereocenters. The first-order valence-electron chi connectivity index (χ1n) is 6.59. The first-order valence-corrected chi connectivity index (χ1v) is 6.59. The average Bonchev–Trinajstić information content (AvgIpc) is 2.29. The number of ether oxygens (including phenoxy) is 1. The van der Waals surface area contributed by atoms with E-state index in [9.17, 15) is 4.79 Å². The molecule has 4 heteroatoms. The molecule has 0 aromatic rings. The standard InChI is InChI=1S/C13H24N2O2/c1-12(2)3-7-15(8-4-12)11(16)13(14)5-9-17-10-6-13/h3-10,14H2,1-2H3. The number of rotatable bonds is 1. The monoisotopic (exact) mass is 240 g/mol. The fourth-order valence-corrected chi connectivity index (χ4v) is 2.58. The first-order chi connectivity index (χ1) is 7.93. The maximum Gasteiger partial charge on any atom is 0.242 e. The van der Waals surface area contributed by atoms with Gasteiger partial charge in [-0.1, -0.05) is 13.8 Å². The molecule has 0 saturated carbocycles. The van der Waals surface area contributed by atoms with Crippen LogP contribution in [-0.2, 0) is 9.53 Å². The van der Waals surface area contributed by atoms with Crippen molar-refractivity contribution in [2.75, 3.05) is 26.3 Å². The molecule has 0 atom stereocenters. The second-order valence-corrected chi connectivity index (χ2v) is 6.22. The summed E-state index contributed by atoms with van der Waals surface area (Å²) in [5.41, 5.74) is 5.93. The van der Waals surface area contributed by atoms with Crippen LogP contribution in [0.1, 0.15) is 39.5 Å². The van der Waals surface area contributed by atoms with Crippen molar-refractivity contribution in [1.29, 1.82) is 0 Å². The summed E-state index contributed by atoms with van der Waals surface area (Å²) >= 11 is 0. The van der Waals surface area contributed by atoms with E-state index in [1.807, 2.05) is 4.90 Å². The SMILES string of the molecule is CC1(C)CCN(C(=O)C2(N)CCOCC2)CC1. The third-order valence-corrected chi connectivity index (χ3v) is 4.22. The summed E-state index contributed by atoms with van der Waals surface area (Å²) in [5, 5.41) is 0. The molecule has 0 radical (unpaired) electrons. The van der Waals surface area contributed by atoms with Gasteiger partial charge in [-0.25, -0.2) is 0 Å². The van der Waals surface area contributed by atoms with Crippen LogP contribution < -0.4 is 5.73 Å². The first kappa shape index (κ1) is 12.8. The van der Waals surface area contributed by atoms with Crippen molar-refractivity contribution in [3.63, 3.8) is 0 Å². The summed E-state index contributed by atoms with van der Waals surface area (Å²) < 4.78 is 5.28. The van der Waals surface area contributed by atoms with Crippen molar-refractivity contribution in [2.24, 2.45) is 11.1 Å². The molecule has 0 aromatic carbocycles. The highest BCUT2D eigenvalue weighted by atomic mass is 16.5. The van der Waals surface area contributed by atoms with Crippen molar-refractivity contribution in [1.82, 2.24) is 4.90 Å². The van der Waals surface area contributed by atoms with Gasteiger partial charge >= 0.3 is 0 Å². The molecule has 2 aliphatic rings. The van der Waals surface area contributed by atoms with Crippen molar-refractivity contribution < 1.29 is 9.53 Å². The zero-order chi connectivity index (χ0) is 12.5. The molecule has 98 valence electrons. The van der Waals surface area contributed by atoms with E-state index >= 15 is 0 Å². The van der Waals surface area contributed by atoms with Crippen molar-refractivity contribution in [3.8, 4) is 0 Å². The summed E-state index contributed by atoms with van der Waals surface area (Å²) in [6, 6.07) is 0. The van der Waals surface area contributed by atoms with Gasteiger partial charge in [-0.05, 0) is 31.1 Å². The van der Waals surface area contributed by atoms with E-state index in [0.29, 0.717) is 31.5 Å². The summed E-state index contributed by atoms with van der Waals surface area (Å²) in [7, 11) is 0.